The number of fused-ring (bicyclic) bond motifs is 1. The molecule has 1 heterocycles. The molecule has 84 valence electrons. The van der Waals surface area contributed by atoms with Crippen LogP contribution in [-0.4, -0.2) is 27.8 Å². The van der Waals surface area contributed by atoms with Crippen LogP contribution in [0.2, 0.25) is 0 Å². The van der Waals surface area contributed by atoms with Crippen molar-refractivity contribution in [2.75, 3.05) is 6.61 Å². The number of hydrogen-bond donors (Lipinski definition) is 1. The molecule has 1 N–H and O–H groups in total. The molecule has 0 aliphatic carbocycles. The summed E-state index contributed by atoms with van der Waals surface area (Å²) >= 11 is 2.14. The van der Waals surface area contributed by atoms with Gasteiger partial charge in [0.15, 0.2) is 0 Å². The minimum absolute atomic E-state index is 0.0704. The van der Waals surface area contributed by atoms with Gasteiger partial charge in [-0.15, -0.1) is 0 Å². The molecule has 0 saturated heterocycles. The first kappa shape index (κ1) is 11.6. The molecule has 0 aromatic heterocycles. The van der Waals surface area contributed by atoms with Crippen molar-refractivity contribution in [3.05, 3.63) is 29.8 Å². The molecule has 1 aliphatic rings. The van der Waals surface area contributed by atoms with E-state index < -0.39 is 0 Å². The molecule has 0 saturated carbocycles. The molecule has 3 unspecified atom stereocenters. The molecule has 0 bridgehead atoms. The highest BCUT2D eigenvalue weighted by Gasteiger charge is 2.36. The summed E-state index contributed by atoms with van der Waals surface area (Å²) in [5.41, 5.74) is 0.870. The van der Waals surface area contributed by atoms with Crippen molar-refractivity contribution in [2.24, 2.45) is 4.99 Å². The van der Waals surface area contributed by atoms with Gasteiger partial charge in [-0.1, -0.05) is 40.8 Å². The normalized spacial score (nSPS) is 27.5. The number of aliphatic hydroxyl groups excluding tert-OH is 1. The number of para-hydroxylation sites is 1. The molecule has 0 radical (unpaired) electrons. The Morgan fingerprint density at radius 1 is 1.50 bits per heavy atom. The number of isocyanates is 1. The minimum Gasteiger partial charge on any atom is -0.486 e. The number of aliphatic hydroxyl groups is 1. The van der Waals surface area contributed by atoms with Gasteiger partial charge in [0.25, 0.3) is 0 Å². The van der Waals surface area contributed by atoms with Gasteiger partial charge >= 0.3 is 0 Å². The number of hydrogen-bond acceptors (Lipinski definition) is 4. The van der Waals surface area contributed by atoms with Crippen molar-refractivity contribution >= 4 is 28.7 Å². The average molecular weight is 331 g/mol. The van der Waals surface area contributed by atoms with Crippen LogP contribution in [0.4, 0.5) is 0 Å². The van der Waals surface area contributed by atoms with E-state index in [-0.39, 0.29) is 22.7 Å². The summed E-state index contributed by atoms with van der Waals surface area (Å²) in [6, 6.07) is 7.12. The van der Waals surface area contributed by atoms with Crippen LogP contribution in [0.25, 0.3) is 0 Å². The predicted octanol–water partition coefficient (Wildman–Crippen LogP) is 1.62. The van der Waals surface area contributed by atoms with Crippen molar-refractivity contribution in [1.29, 1.82) is 0 Å². The fourth-order valence-electron chi connectivity index (χ4n) is 1.77. The Morgan fingerprint density at radius 2 is 2.25 bits per heavy atom. The summed E-state index contributed by atoms with van der Waals surface area (Å²) in [7, 11) is 0. The van der Waals surface area contributed by atoms with Gasteiger partial charge in [-0.3, -0.25) is 0 Å². The van der Waals surface area contributed by atoms with Crippen LogP contribution in [0.1, 0.15) is 11.6 Å². The second-order valence-corrected chi connectivity index (χ2v) is 4.92. The molecule has 1 aliphatic heterocycles. The van der Waals surface area contributed by atoms with Crippen LogP contribution >= 0.6 is 22.6 Å². The molecule has 2 rings (SSSR count). The fourth-order valence-corrected chi connectivity index (χ4v) is 2.69. The van der Waals surface area contributed by atoms with E-state index in [1.54, 1.807) is 6.08 Å². The molecule has 0 amide bonds. The average Bonchev–Trinajstić information content (AvgIpc) is 2.32. The van der Waals surface area contributed by atoms with Gasteiger partial charge in [0, 0.05) is 5.56 Å². The van der Waals surface area contributed by atoms with Gasteiger partial charge in [-0.2, -0.15) is 4.99 Å². The van der Waals surface area contributed by atoms with Gasteiger partial charge in [0.05, 0.1) is 10.5 Å². The Morgan fingerprint density at radius 3 is 2.94 bits per heavy atom. The van der Waals surface area contributed by atoms with E-state index in [2.05, 4.69) is 27.6 Å². The summed E-state index contributed by atoms with van der Waals surface area (Å²) < 4.78 is 5.55. The first-order valence-corrected chi connectivity index (χ1v) is 6.10. The van der Waals surface area contributed by atoms with Crippen LogP contribution < -0.4 is 4.74 Å². The predicted molar refractivity (Wildman–Crippen MR) is 66.6 cm³/mol. The quantitative estimate of drug-likeness (QED) is 0.388. The summed E-state index contributed by atoms with van der Waals surface area (Å²) in [5.74, 6) is 0.679. The number of carbonyl (C=O) groups excluding carboxylic acids is 1. The third-order valence-corrected chi connectivity index (χ3v) is 4.03. The van der Waals surface area contributed by atoms with Crippen LogP contribution in [0.15, 0.2) is 29.3 Å². The molecule has 4 nitrogen and oxygen atoms in total. The molecule has 16 heavy (non-hydrogen) atoms. The maximum Gasteiger partial charge on any atom is 0.235 e. The monoisotopic (exact) mass is 331 g/mol. The summed E-state index contributed by atoms with van der Waals surface area (Å²) in [4.78, 5) is 14.2. The maximum atomic E-state index is 10.4. The number of halogens is 1. The first-order valence-electron chi connectivity index (χ1n) is 4.85. The maximum absolute atomic E-state index is 10.4. The van der Waals surface area contributed by atoms with Crippen LogP contribution in [0.3, 0.4) is 0 Å². The lowest BCUT2D eigenvalue weighted by atomic mass is 9.97. The Labute approximate surface area is 106 Å². The topological polar surface area (TPSA) is 58.9 Å². The molecular formula is C11H10INO3. The van der Waals surface area contributed by atoms with Crippen molar-refractivity contribution < 1.29 is 14.6 Å². The lowest BCUT2D eigenvalue weighted by molar-refractivity contribution is 0.0985. The summed E-state index contributed by atoms with van der Waals surface area (Å²) in [6.07, 6.45) is 1.25. The van der Waals surface area contributed by atoms with Gasteiger partial charge in [0.1, 0.15) is 17.9 Å². The van der Waals surface area contributed by atoms with Crippen molar-refractivity contribution in [3.63, 3.8) is 0 Å². The lowest BCUT2D eigenvalue weighted by Crippen LogP contribution is -2.38. The minimum atomic E-state index is -0.336. The Bertz CT molecular complexity index is 431. The van der Waals surface area contributed by atoms with E-state index in [9.17, 15) is 9.90 Å². The fraction of sp³-hybridized carbons (Fsp3) is 0.364. The summed E-state index contributed by atoms with van der Waals surface area (Å²) in [5, 5.41) is 9.20. The molecule has 5 heteroatoms. The Balaban J connectivity index is 2.46. The van der Waals surface area contributed by atoms with E-state index in [4.69, 9.17) is 4.74 Å². The second kappa shape index (κ2) is 4.95. The van der Waals surface area contributed by atoms with Crippen molar-refractivity contribution in [3.8, 4) is 5.75 Å². The highest BCUT2D eigenvalue weighted by molar-refractivity contribution is 14.1. The molecule has 1 aromatic carbocycles. The zero-order valence-corrected chi connectivity index (χ0v) is 10.5. The standard InChI is InChI=1S/C11H10INO3/c12-10-9(5-14)16-8-4-2-1-3-7(8)11(10)13-6-15/h1-4,9-11,14H,5H2. The van der Waals surface area contributed by atoms with Crippen LogP contribution in [-0.2, 0) is 4.79 Å². The Hall–Kier alpha value is -0.910. The number of ether oxygens (including phenoxy) is 1. The van der Waals surface area contributed by atoms with E-state index in [1.165, 1.54) is 0 Å². The number of aliphatic imine (C=N–C) groups is 1. The molecule has 0 spiro atoms. The third-order valence-electron chi connectivity index (χ3n) is 2.54. The van der Waals surface area contributed by atoms with Crippen molar-refractivity contribution in [2.45, 2.75) is 16.1 Å². The van der Waals surface area contributed by atoms with E-state index in [0.29, 0.717) is 5.75 Å². The number of rotatable bonds is 2. The zero-order valence-electron chi connectivity index (χ0n) is 8.34. The van der Waals surface area contributed by atoms with Crippen LogP contribution in [0.5, 0.6) is 5.75 Å². The molecular weight excluding hydrogens is 321 g/mol. The lowest BCUT2D eigenvalue weighted by Gasteiger charge is -2.33. The SMILES string of the molecule is O=C=NC1c2ccccc2OC(CO)C1I. The number of alkyl halides is 1. The zero-order chi connectivity index (χ0) is 11.5. The highest BCUT2D eigenvalue weighted by atomic mass is 127. The number of nitrogens with zero attached hydrogens (tertiary/aromatic N) is 1. The van der Waals surface area contributed by atoms with E-state index >= 15 is 0 Å². The van der Waals surface area contributed by atoms with E-state index in [1.807, 2.05) is 24.3 Å². The largest absolute Gasteiger partial charge is 0.486 e. The van der Waals surface area contributed by atoms with E-state index in [0.717, 1.165) is 5.56 Å². The van der Waals surface area contributed by atoms with Gasteiger partial charge in [0.2, 0.25) is 6.08 Å². The number of benzene rings is 1. The first-order chi connectivity index (χ1) is 7.77. The Kier molecular flexibility index (Phi) is 3.58. The molecule has 1 aromatic rings. The van der Waals surface area contributed by atoms with Crippen LogP contribution in [0, 0.1) is 0 Å². The third kappa shape index (κ3) is 1.98. The van der Waals surface area contributed by atoms with Gasteiger partial charge in [-0.05, 0) is 6.07 Å². The second-order valence-electron chi connectivity index (χ2n) is 3.49. The molecule has 0 fully saturated rings. The van der Waals surface area contributed by atoms with Gasteiger partial charge in [-0.25, -0.2) is 4.79 Å². The van der Waals surface area contributed by atoms with Crippen molar-refractivity contribution in [1.82, 2.24) is 0 Å². The smallest absolute Gasteiger partial charge is 0.235 e. The molecule has 3 atom stereocenters. The van der Waals surface area contributed by atoms with Gasteiger partial charge < -0.3 is 9.84 Å². The highest BCUT2D eigenvalue weighted by Crippen LogP contribution is 2.40. The summed E-state index contributed by atoms with van der Waals surface area (Å²) in [6.45, 7) is -0.0905.